The molecule has 0 aliphatic carbocycles. The molecular weight excluding hydrogens is 430 g/mol. The second-order valence-corrected chi connectivity index (χ2v) is 8.46. The van der Waals surface area contributed by atoms with Crippen LogP contribution in [0, 0.1) is 0 Å². The fourth-order valence-electron chi connectivity index (χ4n) is 3.47. The van der Waals surface area contributed by atoms with E-state index in [2.05, 4.69) is 44.7 Å². The van der Waals surface area contributed by atoms with Crippen molar-refractivity contribution >= 4 is 17.0 Å². The molecule has 0 saturated carbocycles. The van der Waals surface area contributed by atoms with Crippen LogP contribution in [0.15, 0.2) is 88.7 Å². The van der Waals surface area contributed by atoms with Gasteiger partial charge in [-0.3, -0.25) is 4.98 Å². The van der Waals surface area contributed by atoms with Gasteiger partial charge in [0.1, 0.15) is 5.69 Å². The minimum atomic E-state index is 0.331. The third-order valence-electron chi connectivity index (χ3n) is 5.32. The molecule has 5 rings (SSSR count). The van der Waals surface area contributed by atoms with Crippen molar-refractivity contribution in [2.45, 2.75) is 0 Å². The van der Waals surface area contributed by atoms with Gasteiger partial charge in [-0.25, -0.2) is 4.98 Å². The van der Waals surface area contributed by atoms with Gasteiger partial charge in [-0.05, 0) is 39.6 Å². The average Bonchev–Trinajstić information content (AvgIpc) is 3.56. The van der Waals surface area contributed by atoms with Gasteiger partial charge in [0, 0.05) is 30.9 Å². The molecule has 0 aliphatic rings. The zero-order valence-corrected chi connectivity index (χ0v) is 19.1. The summed E-state index contributed by atoms with van der Waals surface area (Å²) in [5, 5.41) is 12.7. The molecule has 0 saturated heterocycles. The zero-order valence-electron chi connectivity index (χ0n) is 18.3. The van der Waals surface area contributed by atoms with Gasteiger partial charge < -0.3 is 9.32 Å². The molecule has 0 aliphatic heterocycles. The highest BCUT2D eigenvalue weighted by molar-refractivity contribution is 7.08. The van der Waals surface area contributed by atoms with Gasteiger partial charge in [0.25, 0.3) is 5.89 Å². The monoisotopic (exact) mass is 451 g/mol. The maximum Gasteiger partial charge on any atom is 0.268 e. The van der Waals surface area contributed by atoms with Crippen LogP contribution in [-0.2, 0) is 0 Å². The Hall–Kier alpha value is -4.10. The van der Waals surface area contributed by atoms with Gasteiger partial charge in [0.05, 0.1) is 18.1 Å². The van der Waals surface area contributed by atoms with E-state index in [1.165, 1.54) is 0 Å². The van der Waals surface area contributed by atoms with E-state index in [9.17, 15) is 0 Å². The lowest BCUT2D eigenvalue weighted by Crippen LogP contribution is -2.08. The molecule has 0 atom stereocenters. The first-order valence-corrected chi connectivity index (χ1v) is 11.3. The summed E-state index contributed by atoms with van der Waals surface area (Å²) in [6, 6.07) is 18.1. The topological polar surface area (TPSA) is 67.9 Å². The molecule has 0 N–H and O–H groups in total. The summed E-state index contributed by atoms with van der Waals surface area (Å²) in [7, 11) is 3.95. The number of aromatic nitrogens is 4. The molecule has 0 amide bonds. The number of rotatable bonds is 6. The Labute approximate surface area is 195 Å². The Morgan fingerprint density at radius 1 is 0.848 bits per heavy atom. The van der Waals surface area contributed by atoms with E-state index in [4.69, 9.17) is 9.40 Å². The normalized spacial score (nSPS) is 10.8. The minimum Gasteiger partial charge on any atom is -0.415 e. The van der Waals surface area contributed by atoms with Gasteiger partial charge in [-0.15, -0.1) is 10.2 Å². The number of benzene rings is 2. The first kappa shape index (κ1) is 20.8. The number of thiophene rings is 1. The van der Waals surface area contributed by atoms with Gasteiger partial charge in [-0.2, -0.15) is 11.3 Å². The summed E-state index contributed by atoms with van der Waals surface area (Å²) in [4.78, 5) is 11.0. The molecule has 0 spiro atoms. The van der Waals surface area contributed by atoms with Crippen LogP contribution in [0.25, 0.3) is 51.1 Å². The molecule has 0 fully saturated rings. The Morgan fingerprint density at radius 3 is 2.30 bits per heavy atom. The van der Waals surface area contributed by atoms with Crippen molar-refractivity contribution in [1.82, 2.24) is 25.1 Å². The van der Waals surface area contributed by atoms with Crippen molar-refractivity contribution in [2.24, 2.45) is 0 Å². The van der Waals surface area contributed by atoms with Gasteiger partial charge in [0.2, 0.25) is 5.89 Å². The van der Waals surface area contributed by atoms with E-state index in [1.807, 2.05) is 61.5 Å². The molecule has 0 unspecified atom stereocenters. The summed E-state index contributed by atoms with van der Waals surface area (Å²) in [5.41, 5.74) is 7.26. The van der Waals surface area contributed by atoms with Crippen LogP contribution in [0.3, 0.4) is 0 Å². The predicted octanol–water partition coefficient (Wildman–Crippen LogP) is 6.12. The molecule has 0 radical (unpaired) electrons. The third kappa shape index (κ3) is 4.18. The molecule has 2 aromatic carbocycles. The van der Waals surface area contributed by atoms with Gasteiger partial charge in [-0.1, -0.05) is 49.0 Å². The van der Waals surface area contributed by atoms with Crippen molar-refractivity contribution < 1.29 is 4.42 Å². The Bertz CT molecular complexity index is 1400. The Kier molecular flexibility index (Phi) is 5.54. The molecular formula is C26H21N5OS. The fraction of sp³-hybridized carbons (Fsp3) is 0.0769. The molecule has 5 aromatic rings. The quantitative estimate of drug-likeness (QED) is 0.310. The van der Waals surface area contributed by atoms with Crippen molar-refractivity contribution in [3.8, 4) is 45.4 Å². The van der Waals surface area contributed by atoms with E-state index >= 15 is 0 Å². The zero-order chi connectivity index (χ0) is 22.8. The van der Waals surface area contributed by atoms with Crippen molar-refractivity contribution in [1.29, 1.82) is 0 Å². The second-order valence-electron chi connectivity index (χ2n) is 7.68. The van der Waals surface area contributed by atoms with E-state index < -0.39 is 0 Å². The summed E-state index contributed by atoms with van der Waals surface area (Å²) in [6.45, 7) is 4.10. The van der Waals surface area contributed by atoms with Gasteiger partial charge in [0.15, 0.2) is 0 Å². The highest BCUT2D eigenvalue weighted by Gasteiger charge is 2.16. The number of hydrogen-bond donors (Lipinski definition) is 0. The van der Waals surface area contributed by atoms with Gasteiger partial charge >= 0.3 is 0 Å². The summed E-state index contributed by atoms with van der Waals surface area (Å²) in [5.74, 6) is 0.780. The van der Waals surface area contributed by atoms with E-state index in [1.54, 1.807) is 23.7 Å². The Balaban J connectivity index is 1.45. The highest BCUT2D eigenvalue weighted by atomic mass is 32.1. The van der Waals surface area contributed by atoms with Crippen molar-refractivity contribution in [3.05, 3.63) is 89.9 Å². The maximum absolute atomic E-state index is 6.02. The lowest BCUT2D eigenvalue weighted by atomic mass is 10.0. The van der Waals surface area contributed by atoms with Crippen LogP contribution in [-0.4, -0.2) is 39.2 Å². The summed E-state index contributed by atoms with van der Waals surface area (Å²) in [6.07, 6.45) is 3.36. The highest BCUT2D eigenvalue weighted by Crippen LogP contribution is 2.33. The first-order valence-electron chi connectivity index (χ1n) is 10.3. The van der Waals surface area contributed by atoms with Crippen LogP contribution in [0.4, 0.5) is 0 Å². The molecule has 3 heterocycles. The van der Waals surface area contributed by atoms with E-state index in [0.717, 1.165) is 39.2 Å². The standard InChI is InChI=1S/C26H21N5OS/c1-17(31(2)3)18-8-10-19(11-9-18)23-14-27-15-24(28-23)26-30-29-25(32-26)22-7-5-4-6-21(22)20-12-13-33-16-20/h4-16H,1H2,2-3H3. The van der Waals surface area contributed by atoms with Crippen LogP contribution in [0.1, 0.15) is 5.56 Å². The molecule has 162 valence electrons. The maximum atomic E-state index is 6.02. The Morgan fingerprint density at radius 2 is 1.58 bits per heavy atom. The number of nitrogens with zero attached hydrogens (tertiary/aromatic N) is 5. The summed E-state index contributed by atoms with van der Waals surface area (Å²) >= 11 is 1.65. The second kappa shape index (κ2) is 8.80. The smallest absolute Gasteiger partial charge is 0.268 e. The average molecular weight is 452 g/mol. The van der Waals surface area contributed by atoms with E-state index in [0.29, 0.717) is 17.5 Å². The molecule has 7 heteroatoms. The van der Waals surface area contributed by atoms with Crippen molar-refractivity contribution in [2.75, 3.05) is 14.1 Å². The van der Waals surface area contributed by atoms with Crippen molar-refractivity contribution in [3.63, 3.8) is 0 Å². The first-order chi connectivity index (χ1) is 16.1. The van der Waals surface area contributed by atoms with Crippen LogP contribution in [0.5, 0.6) is 0 Å². The third-order valence-corrected chi connectivity index (χ3v) is 6.01. The molecule has 33 heavy (non-hydrogen) atoms. The largest absolute Gasteiger partial charge is 0.415 e. The summed E-state index contributed by atoms with van der Waals surface area (Å²) < 4.78 is 6.02. The van der Waals surface area contributed by atoms with Crippen LogP contribution in [0.2, 0.25) is 0 Å². The lowest BCUT2D eigenvalue weighted by Gasteiger charge is -2.15. The van der Waals surface area contributed by atoms with Crippen LogP contribution < -0.4 is 0 Å². The molecule has 0 bridgehead atoms. The lowest BCUT2D eigenvalue weighted by molar-refractivity contribution is 0.582. The predicted molar refractivity (Wildman–Crippen MR) is 132 cm³/mol. The molecule has 3 aromatic heterocycles. The fourth-order valence-corrected chi connectivity index (χ4v) is 4.13. The molecule has 6 nitrogen and oxygen atoms in total. The van der Waals surface area contributed by atoms with Crippen LogP contribution >= 0.6 is 11.3 Å². The SMILES string of the molecule is C=C(c1ccc(-c2cncc(-c3nnc(-c4ccccc4-c4ccsc4)o3)n2)cc1)N(C)C. The minimum absolute atomic E-state index is 0.331. The van der Waals surface area contributed by atoms with E-state index in [-0.39, 0.29) is 0 Å². The number of hydrogen-bond acceptors (Lipinski definition) is 7.